The molecule has 2 aliphatic heterocycles. The standard InChI is InChI=1S/C12H19N3O3/c1-12(2)11(18)14-9(16)7-15(12)10(17)8-5-3-4-6-13-8/h8,13H,3-7H2,1-2H3,(H,14,16,18)/t8-/m0/s1. The number of rotatable bonds is 1. The molecule has 6 heteroatoms. The van der Waals surface area contributed by atoms with Gasteiger partial charge in [0.2, 0.25) is 11.8 Å². The molecule has 1 atom stereocenters. The average molecular weight is 253 g/mol. The second kappa shape index (κ2) is 4.68. The van der Waals surface area contributed by atoms with Crippen molar-refractivity contribution in [3.8, 4) is 0 Å². The zero-order chi connectivity index (χ0) is 13.3. The van der Waals surface area contributed by atoms with Crippen molar-refractivity contribution in [2.75, 3.05) is 13.1 Å². The number of nitrogens with one attached hydrogen (secondary N) is 2. The number of imide groups is 1. The van der Waals surface area contributed by atoms with E-state index in [0.29, 0.717) is 0 Å². The van der Waals surface area contributed by atoms with Crippen LogP contribution in [0, 0.1) is 0 Å². The highest BCUT2D eigenvalue weighted by Gasteiger charge is 2.45. The maximum Gasteiger partial charge on any atom is 0.252 e. The Labute approximate surface area is 106 Å². The van der Waals surface area contributed by atoms with Crippen LogP contribution >= 0.6 is 0 Å². The van der Waals surface area contributed by atoms with Gasteiger partial charge in [-0.25, -0.2) is 0 Å². The molecule has 0 bridgehead atoms. The van der Waals surface area contributed by atoms with E-state index in [1.165, 1.54) is 4.90 Å². The van der Waals surface area contributed by atoms with Gasteiger partial charge in [-0.15, -0.1) is 0 Å². The molecule has 0 aliphatic carbocycles. The van der Waals surface area contributed by atoms with Gasteiger partial charge in [-0.2, -0.15) is 0 Å². The molecule has 3 amide bonds. The summed E-state index contributed by atoms with van der Waals surface area (Å²) in [6.07, 6.45) is 2.83. The van der Waals surface area contributed by atoms with Crippen molar-refractivity contribution >= 4 is 17.7 Å². The third-order valence-electron chi connectivity index (χ3n) is 3.66. The lowest BCUT2D eigenvalue weighted by atomic mass is 9.95. The van der Waals surface area contributed by atoms with Crippen molar-refractivity contribution < 1.29 is 14.4 Å². The van der Waals surface area contributed by atoms with E-state index >= 15 is 0 Å². The Morgan fingerprint density at radius 1 is 1.33 bits per heavy atom. The Bertz CT molecular complexity index is 386. The summed E-state index contributed by atoms with van der Waals surface area (Å²) >= 11 is 0. The van der Waals surface area contributed by atoms with Crippen LogP contribution in [0.5, 0.6) is 0 Å². The van der Waals surface area contributed by atoms with Gasteiger partial charge in [0.25, 0.3) is 5.91 Å². The van der Waals surface area contributed by atoms with Crippen molar-refractivity contribution in [3.63, 3.8) is 0 Å². The molecule has 2 heterocycles. The number of carbonyl (C=O) groups is 3. The molecule has 6 nitrogen and oxygen atoms in total. The van der Waals surface area contributed by atoms with Crippen molar-refractivity contribution in [2.45, 2.75) is 44.7 Å². The zero-order valence-corrected chi connectivity index (χ0v) is 10.8. The van der Waals surface area contributed by atoms with Crippen LogP contribution < -0.4 is 10.6 Å². The minimum atomic E-state index is -0.968. The topological polar surface area (TPSA) is 78.5 Å². The summed E-state index contributed by atoms with van der Waals surface area (Å²) in [5.41, 5.74) is -0.968. The van der Waals surface area contributed by atoms with Gasteiger partial charge in [-0.3, -0.25) is 19.7 Å². The van der Waals surface area contributed by atoms with E-state index in [0.717, 1.165) is 25.8 Å². The Morgan fingerprint density at radius 2 is 2.06 bits per heavy atom. The molecule has 0 saturated carbocycles. The molecule has 0 spiro atoms. The van der Waals surface area contributed by atoms with E-state index in [-0.39, 0.29) is 18.5 Å². The van der Waals surface area contributed by atoms with Crippen LogP contribution in [0.2, 0.25) is 0 Å². The van der Waals surface area contributed by atoms with E-state index in [4.69, 9.17) is 0 Å². The Kier molecular flexibility index (Phi) is 3.38. The quantitative estimate of drug-likeness (QED) is 0.611. The van der Waals surface area contributed by atoms with Gasteiger partial charge in [0, 0.05) is 0 Å². The lowest BCUT2D eigenvalue weighted by molar-refractivity contribution is -0.156. The van der Waals surface area contributed by atoms with Gasteiger partial charge >= 0.3 is 0 Å². The molecular formula is C12H19N3O3. The maximum atomic E-state index is 12.4. The van der Waals surface area contributed by atoms with Crippen molar-refractivity contribution in [2.24, 2.45) is 0 Å². The molecule has 0 aromatic carbocycles. The third-order valence-corrected chi connectivity index (χ3v) is 3.66. The van der Waals surface area contributed by atoms with Crippen molar-refractivity contribution in [3.05, 3.63) is 0 Å². The normalized spacial score (nSPS) is 27.9. The first-order valence-corrected chi connectivity index (χ1v) is 6.32. The number of piperazine rings is 1. The minimum Gasteiger partial charge on any atom is -0.318 e. The third kappa shape index (κ3) is 2.25. The highest BCUT2D eigenvalue weighted by molar-refractivity contribution is 6.06. The highest BCUT2D eigenvalue weighted by Crippen LogP contribution is 2.21. The molecule has 2 saturated heterocycles. The number of nitrogens with zero attached hydrogens (tertiary/aromatic N) is 1. The molecule has 2 aliphatic rings. The van der Waals surface area contributed by atoms with E-state index in [9.17, 15) is 14.4 Å². The lowest BCUT2D eigenvalue weighted by Gasteiger charge is -2.42. The summed E-state index contributed by atoms with van der Waals surface area (Å²) < 4.78 is 0. The number of piperidine rings is 1. The van der Waals surface area contributed by atoms with E-state index in [2.05, 4.69) is 10.6 Å². The fourth-order valence-electron chi connectivity index (χ4n) is 2.39. The molecule has 2 rings (SSSR count). The van der Waals surface area contributed by atoms with E-state index in [1.54, 1.807) is 13.8 Å². The number of hydrogen-bond acceptors (Lipinski definition) is 4. The van der Waals surface area contributed by atoms with Gasteiger partial charge in [-0.1, -0.05) is 6.42 Å². The fraction of sp³-hybridized carbons (Fsp3) is 0.750. The van der Waals surface area contributed by atoms with Crippen LogP contribution in [-0.4, -0.2) is 47.3 Å². The summed E-state index contributed by atoms with van der Waals surface area (Å²) in [5, 5.41) is 5.41. The second-order valence-corrected chi connectivity index (χ2v) is 5.36. The molecule has 0 radical (unpaired) electrons. The fourth-order valence-corrected chi connectivity index (χ4v) is 2.39. The van der Waals surface area contributed by atoms with Gasteiger partial charge in [-0.05, 0) is 33.2 Å². The van der Waals surface area contributed by atoms with Gasteiger partial charge in [0.15, 0.2) is 0 Å². The Balaban J connectivity index is 2.16. The van der Waals surface area contributed by atoms with Crippen molar-refractivity contribution in [1.82, 2.24) is 15.5 Å². The molecule has 0 aromatic heterocycles. The first-order chi connectivity index (χ1) is 8.43. The molecule has 18 heavy (non-hydrogen) atoms. The van der Waals surface area contributed by atoms with Crippen LogP contribution in [0.4, 0.5) is 0 Å². The minimum absolute atomic E-state index is 0.0459. The van der Waals surface area contributed by atoms with Crippen LogP contribution in [0.15, 0.2) is 0 Å². The predicted molar refractivity (Wildman–Crippen MR) is 64.6 cm³/mol. The SMILES string of the molecule is CC1(C)C(=O)NC(=O)CN1C(=O)[C@@H]1CCCCN1. The average Bonchev–Trinajstić information content (AvgIpc) is 2.34. The van der Waals surface area contributed by atoms with Crippen LogP contribution in [0.1, 0.15) is 33.1 Å². The monoisotopic (exact) mass is 253 g/mol. The summed E-state index contributed by atoms with van der Waals surface area (Å²) in [7, 11) is 0. The van der Waals surface area contributed by atoms with Gasteiger partial charge < -0.3 is 10.2 Å². The molecule has 0 unspecified atom stereocenters. The summed E-state index contributed by atoms with van der Waals surface area (Å²) in [6, 6.07) is -0.267. The van der Waals surface area contributed by atoms with Gasteiger partial charge in [0.05, 0.1) is 6.04 Å². The highest BCUT2D eigenvalue weighted by atomic mass is 16.2. The first-order valence-electron chi connectivity index (χ1n) is 6.32. The molecule has 0 aromatic rings. The predicted octanol–water partition coefficient (Wildman–Crippen LogP) is -0.608. The lowest BCUT2D eigenvalue weighted by Crippen LogP contribution is -2.68. The van der Waals surface area contributed by atoms with E-state index in [1.807, 2.05) is 0 Å². The summed E-state index contributed by atoms with van der Waals surface area (Å²) in [4.78, 5) is 37.0. The second-order valence-electron chi connectivity index (χ2n) is 5.36. The maximum absolute atomic E-state index is 12.4. The Hall–Kier alpha value is -1.43. The summed E-state index contributed by atoms with van der Waals surface area (Å²) in [5.74, 6) is -0.978. The van der Waals surface area contributed by atoms with E-state index < -0.39 is 17.4 Å². The molecule has 100 valence electrons. The zero-order valence-electron chi connectivity index (χ0n) is 10.8. The number of carbonyl (C=O) groups excluding carboxylic acids is 3. The van der Waals surface area contributed by atoms with Crippen LogP contribution in [0.3, 0.4) is 0 Å². The first kappa shape index (κ1) is 13.0. The number of amides is 3. The van der Waals surface area contributed by atoms with Gasteiger partial charge in [0.1, 0.15) is 12.1 Å². The van der Waals surface area contributed by atoms with Crippen LogP contribution in [0.25, 0.3) is 0 Å². The number of hydrogen-bond donors (Lipinski definition) is 2. The van der Waals surface area contributed by atoms with Crippen molar-refractivity contribution in [1.29, 1.82) is 0 Å². The molecular weight excluding hydrogens is 234 g/mol. The summed E-state index contributed by atoms with van der Waals surface area (Å²) in [6.45, 7) is 4.09. The molecule has 2 fully saturated rings. The van der Waals surface area contributed by atoms with Crippen LogP contribution in [-0.2, 0) is 14.4 Å². The Morgan fingerprint density at radius 3 is 2.67 bits per heavy atom. The largest absolute Gasteiger partial charge is 0.318 e. The smallest absolute Gasteiger partial charge is 0.252 e. The molecule has 2 N–H and O–H groups in total.